The molecule has 0 saturated carbocycles. The first kappa shape index (κ1) is 19.4. The van der Waals surface area contributed by atoms with Crippen LogP contribution in [0.4, 0.5) is 0 Å². The number of imidazole rings is 1. The van der Waals surface area contributed by atoms with E-state index in [0.29, 0.717) is 30.9 Å². The first-order valence-corrected chi connectivity index (χ1v) is 9.07. The summed E-state index contributed by atoms with van der Waals surface area (Å²) in [6.07, 6.45) is 4.75. The number of benzene rings is 1. The molecule has 0 bridgehead atoms. The van der Waals surface area contributed by atoms with Crippen LogP contribution in [-0.2, 0) is 16.1 Å². The maximum atomic E-state index is 12.2. The van der Waals surface area contributed by atoms with E-state index in [1.54, 1.807) is 24.3 Å². The summed E-state index contributed by atoms with van der Waals surface area (Å²) in [5.74, 6) is 0.0979. The number of nitrogens with one attached hydrogen (secondary N) is 1. The van der Waals surface area contributed by atoms with E-state index in [-0.39, 0.29) is 18.3 Å². The molecule has 0 saturated heterocycles. The summed E-state index contributed by atoms with van der Waals surface area (Å²) in [6, 6.07) is 11.0. The molecule has 146 valence electrons. The van der Waals surface area contributed by atoms with Crippen molar-refractivity contribution < 1.29 is 19.1 Å². The second kappa shape index (κ2) is 9.03. The molecule has 0 aliphatic rings. The van der Waals surface area contributed by atoms with Gasteiger partial charge < -0.3 is 19.2 Å². The minimum Gasteiger partial charge on any atom is -0.487 e. The Balaban J connectivity index is 1.55. The lowest BCUT2D eigenvalue weighted by Crippen LogP contribution is -2.25. The van der Waals surface area contributed by atoms with E-state index >= 15 is 0 Å². The zero-order chi connectivity index (χ0) is 19.9. The minimum absolute atomic E-state index is 0.210. The molecule has 0 aliphatic heterocycles. The Kier molecular flexibility index (Phi) is 6.26. The number of hydrogen-bond donors (Lipinski definition) is 1. The van der Waals surface area contributed by atoms with E-state index in [9.17, 15) is 9.59 Å². The summed E-state index contributed by atoms with van der Waals surface area (Å²) in [5.41, 5.74) is 3.33. The Bertz CT molecular complexity index is 981. The average molecular weight is 381 g/mol. The summed E-state index contributed by atoms with van der Waals surface area (Å²) >= 11 is 0. The number of pyridine rings is 1. The van der Waals surface area contributed by atoms with Crippen molar-refractivity contribution in [3.05, 3.63) is 65.6 Å². The molecule has 7 nitrogen and oxygen atoms in total. The van der Waals surface area contributed by atoms with E-state index in [1.165, 1.54) is 7.11 Å². The van der Waals surface area contributed by atoms with Crippen LogP contribution in [0.1, 0.15) is 34.5 Å². The number of carbonyl (C=O) groups is 2. The summed E-state index contributed by atoms with van der Waals surface area (Å²) < 4.78 is 12.3. The molecule has 2 aromatic heterocycles. The van der Waals surface area contributed by atoms with E-state index in [1.807, 2.05) is 35.9 Å². The van der Waals surface area contributed by atoms with Gasteiger partial charge in [0, 0.05) is 30.9 Å². The van der Waals surface area contributed by atoms with Crippen molar-refractivity contribution in [3.63, 3.8) is 0 Å². The van der Waals surface area contributed by atoms with Crippen LogP contribution in [-0.4, -0.2) is 34.9 Å². The number of aromatic nitrogens is 2. The molecule has 0 spiro atoms. The maximum absolute atomic E-state index is 12.2. The number of esters is 1. The van der Waals surface area contributed by atoms with Gasteiger partial charge in [0.25, 0.3) is 5.91 Å². The van der Waals surface area contributed by atoms with Crippen molar-refractivity contribution in [2.45, 2.75) is 26.4 Å². The van der Waals surface area contributed by atoms with Gasteiger partial charge in [0.05, 0.1) is 12.8 Å². The quantitative estimate of drug-likeness (QED) is 0.479. The Morgan fingerprint density at radius 2 is 2.04 bits per heavy atom. The van der Waals surface area contributed by atoms with Gasteiger partial charge in [0.2, 0.25) is 0 Å². The van der Waals surface area contributed by atoms with Crippen molar-refractivity contribution in [3.8, 4) is 5.75 Å². The first-order chi connectivity index (χ1) is 13.5. The van der Waals surface area contributed by atoms with Crippen molar-refractivity contribution in [2.75, 3.05) is 13.7 Å². The summed E-state index contributed by atoms with van der Waals surface area (Å²) in [4.78, 5) is 27.8. The van der Waals surface area contributed by atoms with Crippen molar-refractivity contribution >= 4 is 17.5 Å². The van der Waals surface area contributed by atoms with Crippen molar-refractivity contribution in [1.29, 1.82) is 0 Å². The van der Waals surface area contributed by atoms with Gasteiger partial charge in [-0.25, -0.2) is 4.98 Å². The highest BCUT2D eigenvalue weighted by molar-refractivity contribution is 5.94. The normalized spacial score (nSPS) is 10.6. The molecule has 28 heavy (non-hydrogen) atoms. The number of methoxy groups -OCH3 is 1. The van der Waals surface area contributed by atoms with E-state index < -0.39 is 0 Å². The van der Waals surface area contributed by atoms with Gasteiger partial charge in [-0.3, -0.25) is 9.59 Å². The molecule has 3 aromatic rings. The molecule has 2 heterocycles. The average Bonchev–Trinajstić information content (AvgIpc) is 3.11. The standard InChI is InChI=1S/C21H23N3O4/c1-15-8-9-19-23-17(13-24(19)12-15)14-28-18-6-3-5-16(11-18)21(26)22-10-4-7-20(25)27-2/h3,5-6,8-9,11-13H,4,7,10,14H2,1-2H3,(H,22,26). The Labute approximate surface area is 163 Å². The van der Waals surface area contributed by atoms with E-state index in [2.05, 4.69) is 15.0 Å². The van der Waals surface area contributed by atoms with Crippen LogP contribution in [0.2, 0.25) is 0 Å². The Morgan fingerprint density at radius 1 is 1.18 bits per heavy atom. The molecule has 1 amide bonds. The third kappa shape index (κ3) is 5.09. The molecule has 0 atom stereocenters. The van der Waals surface area contributed by atoms with Gasteiger partial charge in [0.15, 0.2) is 0 Å². The van der Waals surface area contributed by atoms with Gasteiger partial charge in [-0.05, 0) is 43.2 Å². The SMILES string of the molecule is COC(=O)CCCNC(=O)c1cccc(OCc2cn3cc(C)ccc3n2)c1. The number of amides is 1. The highest BCUT2D eigenvalue weighted by Crippen LogP contribution is 2.16. The maximum Gasteiger partial charge on any atom is 0.305 e. The van der Waals surface area contributed by atoms with Gasteiger partial charge in [-0.2, -0.15) is 0 Å². The number of hydrogen-bond acceptors (Lipinski definition) is 5. The monoisotopic (exact) mass is 381 g/mol. The van der Waals surface area contributed by atoms with Gasteiger partial charge in [-0.15, -0.1) is 0 Å². The first-order valence-electron chi connectivity index (χ1n) is 9.07. The fraction of sp³-hybridized carbons (Fsp3) is 0.286. The van der Waals surface area contributed by atoms with Gasteiger partial charge in [-0.1, -0.05) is 12.1 Å². The van der Waals surface area contributed by atoms with Crippen LogP contribution in [0, 0.1) is 6.92 Å². The zero-order valence-corrected chi connectivity index (χ0v) is 16.0. The van der Waals surface area contributed by atoms with Crippen LogP contribution >= 0.6 is 0 Å². The third-order valence-electron chi connectivity index (χ3n) is 4.20. The van der Waals surface area contributed by atoms with E-state index in [0.717, 1.165) is 16.9 Å². The lowest BCUT2D eigenvalue weighted by atomic mass is 10.2. The van der Waals surface area contributed by atoms with Crippen LogP contribution in [0.25, 0.3) is 5.65 Å². The highest BCUT2D eigenvalue weighted by atomic mass is 16.5. The summed E-state index contributed by atoms with van der Waals surface area (Å²) in [5, 5.41) is 2.78. The molecule has 1 aromatic carbocycles. The van der Waals surface area contributed by atoms with Crippen molar-refractivity contribution in [1.82, 2.24) is 14.7 Å². The number of ether oxygens (including phenoxy) is 2. The predicted molar refractivity (Wildman–Crippen MR) is 104 cm³/mol. The largest absolute Gasteiger partial charge is 0.487 e. The van der Waals surface area contributed by atoms with Gasteiger partial charge >= 0.3 is 5.97 Å². The van der Waals surface area contributed by atoms with Gasteiger partial charge in [0.1, 0.15) is 18.0 Å². The van der Waals surface area contributed by atoms with Crippen LogP contribution < -0.4 is 10.1 Å². The van der Waals surface area contributed by atoms with Crippen LogP contribution in [0.3, 0.4) is 0 Å². The highest BCUT2D eigenvalue weighted by Gasteiger charge is 2.08. The molecule has 0 unspecified atom stereocenters. The number of aryl methyl sites for hydroxylation is 1. The minimum atomic E-state index is -0.285. The zero-order valence-electron chi connectivity index (χ0n) is 16.0. The molecule has 0 fully saturated rings. The number of rotatable bonds is 8. The molecule has 0 radical (unpaired) electrons. The lowest BCUT2D eigenvalue weighted by Gasteiger charge is -2.08. The number of fused-ring (bicyclic) bond motifs is 1. The summed E-state index contributed by atoms with van der Waals surface area (Å²) in [7, 11) is 1.35. The fourth-order valence-corrected chi connectivity index (χ4v) is 2.75. The third-order valence-corrected chi connectivity index (χ3v) is 4.20. The second-order valence-corrected chi connectivity index (χ2v) is 6.46. The molecule has 1 N–H and O–H groups in total. The molecular weight excluding hydrogens is 358 g/mol. The molecule has 3 rings (SSSR count). The van der Waals surface area contributed by atoms with Crippen molar-refractivity contribution in [2.24, 2.45) is 0 Å². The number of nitrogens with zero attached hydrogens (tertiary/aromatic N) is 2. The molecule has 0 aliphatic carbocycles. The molecular formula is C21H23N3O4. The van der Waals surface area contributed by atoms with E-state index in [4.69, 9.17) is 4.74 Å². The Hall–Kier alpha value is -3.35. The summed E-state index contributed by atoms with van der Waals surface area (Å²) in [6.45, 7) is 2.74. The fourth-order valence-electron chi connectivity index (χ4n) is 2.75. The topological polar surface area (TPSA) is 81.9 Å². The molecule has 7 heteroatoms. The predicted octanol–water partition coefficient (Wildman–Crippen LogP) is 2.90. The second-order valence-electron chi connectivity index (χ2n) is 6.46. The van der Waals surface area contributed by atoms with Crippen LogP contribution in [0.5, 0.6) is 5.75 Å². The van der Waals surface area contributed by atoms with Crippen LogP contribution in [0.15, 0.2) is 48.8 Å². The Morgan fingerprint density at radius 3 is 2.86 bits per heavy atom. The lowest BCUT2D eigenvalue weighted by molar-refractivity contribution is -0.140. The smallest absolute Gasteiger partial charge is 0.305 e. The number of carbonyl (C=O) groups excluding carboxylic acids is 2.